The fraction of sp³-hybridized carbons (Fsp3) is 0.214. The predicted octanol–water partition coefficient (Wildman–Crippen LogP) is -0.391. The Hall–Kier alpha value is -2.43. The molecule has 1 unspecified atom stereocenters. The van der Waals surface area contributed by atoms with E-state index < -0.39 is 17.8 Å². The fourth-order valence-corrected chi connectivity index (χ4v) is 1.58. The fourth-order valence-electron chi connectivity index (χ4n) is 1.58. The number of carbonyl (C=O) groups excluding carboxylic acids is 3. The Labute approximate surface area is 110 Å². The first-order valence-corrected chi connectivity index (χ1v) is 5.73. The Balaban J connectivity index is 2.80. The van der Waals surface area contributed by atoms with Crippen LogP contribution in [-0.4, -0.2) is 23.7 Å². The molecule has 0 fully saturated rings. The smallest absolute Gasteiger partial charge is 0.217 e. The van der Waals surface area contributed by atoms with Gasteiger partial charge in [0.1, 0.15) is 0 Å². The van der Waals surface area contributed by atoms with Gasteiger partial charge in [0.2, 0.25) is 5.91 Å². The van der Waals surface area contributed by atoms with Gasteiger partial charge in [-0.15, -0.1) is 0 Å². The number of hydrogen-bond acceptors (Lipinski definition) is 4. The van der Waals surface area contributed by atoms with E-state index >= 15 is 0 Å². The standard InChI is InChI=1S/C14H15NO4/c1-10(16)15-12(13(17)7-8-14(18)19)9-11-5-3-2-4-6-11/h2-8,12H,9H2,1H3,(H,15,16)(H,18,19)/p-1/b8-7+. The molecule has 0 bridgehead atoms. The van der Waals surface area contributed by atoms with Crippen molar-refractivity contribution in [3.05, 3.63) is 48.0 Å². The van der Waals surface area contributed by atoms with E-state index in [-0.39, 0.29) is 5.91 Å². The monoisotopic (exact) mass is 260 g/mol. The molecule has 0 radical (unpaired) electrons. The van der Waals surface area contributed by atoms with Gasteiger partial charge >= 0.3 is 0 Å². The van der Waals surface area contributed by atoms with Crippen molar-refractivity contribution < 1.29 is 19.5 Å². The summed E-state index contributed by atoms with van der Waals surface area (Å²) in [7, 11) is 0. The van der Waals surface area contributed by atoms with E-state index in [0.29, 0.717) is 12.5 Å². The van der Waals surface area contributed by atoms with Gasteiger partial charge < -0.3 is 15.2 Å². The first-order chi connectivity index (χ1) is 8.99. The van der Waals surface area contributed by atoms with Gasteiger partial charge in [-0.05, 0) is 17.7 Å². The van der Waals surface area contributed by atoms with Crippen molar-refractivity contribution in [3.8, 4) is 0 Å². The van der Waals surface area contributed by atoms with Crippen LogP contribution in [0.15, 0.2) is 42.5 Å². The van der Waals surface area contributed by atoms with Crippen LogP contribution in [0.3, 0.4) is 0 Å². The molecule has 0 aliphatic carbocycles. The summed E-state index contributed by atoms with van der Waals surface area (Å²) in [6.45, 7) is 1.30. The summed E-state index contributed by atoms with van der Waals surface area (Å²) in [6.07, 6.45) is 1.86. The Morgan fingerprint density at radius 1 is 1.21 bits per heavy atom. The van der Waals surface area contributed by atoms with Crippen LogP contribution in [0, 0.1) is 0 Å². The van der Waals surface area contributed by atoms with Crippen molar-refractivity contribution >= 4 is 17.7 Å². The molecule has 0 heterocycles. The highest BCUT2D eigenvalue weighted by molar-refractivity contribution is 5.99. The first kappa shape index (κ1) is 14.6. The molecule has 100 valence electrons. The number of ketones is 1. The molecule has 1 amide bonds. The molecule has 1 aromatic rings. The minimum absolute atomic E-state index is 0.302. The molecule has 1 aromatic carbocycles. The van der Waals surface area contributed by atoms with E-state index in [2.05, 4.69) is 5.32 Å². The van der Waals surface area contributed by atoms with Crippen LogP contribution in [0.5, 0.6) is 0 Å². The van der Waals surface area contributed by atoms with E-state index in [1.165, 1.54) is 6.92 Å². The largest absolute Gasteiger partial charge is 0.545 e. The highest BCUT2D eigenvalue weighted by Crippen LogP contribution is 2.04. The van der Waals surface area contributed by atoms with Gasteiger partial charge in [0.05, 0.1) is 12.0 Å². The number of carboxylic acid groups (broad SMARTS) is 1. The SMILES string of the molecule is CC(=O)NC(Cc1ccccc1)C(=O)/C=C/C(=O)[O-]. The lowest BCUT2D eigenvalue weighted by molar-refractivity contribution is -0.297. The van der Waals surface area contributed by atoms with Crippen molar-refractivity contribution in [2.75, 3.05) is 0 Å². The number of nitrogens with one attached hydrogen (secondary N) is 1. The lowest BCUT2D eigenvalue weighted by Gasteiger charge is -2.15. The Bertz CT molecular complexity index is 493. The van der Waals surface area contributed by atoms with Crippen LogP contribution < -0.4 is 10.4 Å². The molecule has 0 spiro atoms. The van der Waals surface area contributed by atoms with Crippen LogP contribution in [0.4, 0.5) is 0 Å². The number of aliphatic carboxylic acids is 1. The maximum Gasteiger partial charge on any atom is 0.217 e. The van der Waals surface area contributed by atoms with Crippen LogP contribution in [0.25, 0.3) is 0 Å². The molecule has 0 saturated heterocycles. The zero-order valence-electron chi connectivity index (χ0n) is 10.5. The van der Waals surface area contributed by atoms with E-state index in [1.54, 1.807) is 0 Å². The summed E-state index contributed by atoms with van der Waals surface area (Å²) in [4.78, 5) is 33.1. The summed E-state index contributed by atoms with van der Waals surface area (Å²) >= 11 is 0. The molecule has 19 heavy (non-hydrogen) atoms. The van der Waals surface area contributed by atoms with Crippen LogP contribution in [0.2, 0.25) is 0 Å². The first-order valence-electron chi connectivity index (χ1n) is 5.73. The molecular weight excluding hydrogens is 246 g/mol. The summed E-state index contributed by atoms with van der Waals surface area (Å²) in [5.74, 6) is -2.28. The second-order valence-corrected chi connectivity index (χ2v) is 4.00. The van der Waals surface area contributed by atoms with Gasteiger partial charge in [0, 0.05) is 13.3 Å². The molecular formula is C14H14NO4-. The molecule has 5 heteroatoms. The topological polar surface area (TPSA) is 86.3 Å². The van der Waals surface area contributed by atoms with Crippen molar-refractivity contribution in [1.82, 2.24) is 5.32 Å². The Kier molecular flexibility index (Phi) is 5.47. The third-order valence-corrected chi connectivity index (χ3v) is 2.39. The van der Waals surface area contributed by atoms with E-state index in [0.717, 1.165) is 11.6 Å². The third-order valence-electron chi connectivity index (χ3n) is 2.39. The number of rotatable bonds is 6. The predicted molar refractivity (Wildman–Crippen MR) is 66.9 cm³/mol. The Morgan fingerprint density at radius 3 is 2.37 bits per heavy atom. The second kappa shape index (κ2) is 7.10. The van der Waals surface area contributed by atoms with E-state index in [4.69, 9.17) is 0 Å². The minimum Gasteiger partial charge on any atom is -0.545 e. The number of amides is 1. The molecule has 0 saturated carbocycles. The average molecular weight is 260 g/mol. The highest BCUT2D eigenvalue weighted by atomic mass is 16.4. The zero-order chi connectivity index (χ0) is 14.3. The quantitative estimate of drug-likeness (QED) is 0.706. The minimum atomic E-state index is -1.45. The van der Waals surface area contributed by atoms with Crippen LogP contribution in [-0.2, 0) is 20.8 Å². The van der Waals surface area contributed by atoms with Gasteiger partial charge in [-0.1, -0.05) is 30.3 Å². The van der Waals surface area contributed by atoms with Gasteiger partial charge in [0.15, 0.2) is 5.78 Å². The van der Waals surface area contributed by atoms with Gasteiger partial charge in [-0.3, -0.25) is 9.59 Å². The van der Waals surface area contributed by atoms with E-state index in [1.807, 2.05) is 30.3 Å². The molecule has 1 rings (SSSR count). The molecule has 0 aliphatic rings. The lowest BCUT2D eigenvalue weighted by Crippen LogP contribution is -2.40. The van der Waals surface area contributed by atoms with Gasteiger partial charge in [-0.25, -0.2) is 0 Å². The normalized spacial score (nSPS) is 12.1. The van der Waals surface area contributed by atoms with Crippen molar-refractivity contribution in [3.63, 3.8) is 0 Å². The van der Waals surface area contributed by atoms with E-state index in [9.17, 15) is 19.5 Å². The molecule has 1 N–H and O–H groups in total. The van der Waals surface area contributed by atoms with Crippen LogP contribution >= 0.6 is 0 Å². The molecule has 1 atom stereocenters. The summed E-state index contributed by atoms with van der Waals surface area (Å²) < 4.78 is 0. The maximum absolute atomic E-state index is 11.8. The van der Waals surface area contributed by atoms with Crippen molar-refractivity contribution in [2.24, 2.45) is 0 Å². The third kappa shape index (κ3) is 5.63. The maximum atomic E-state index is 11.8. The highest BCUT2D eigenvalue weighted by Gasteiger charge is 2.17. The average Bonchev–Trinajstić information content (AvgIpc) is 2.36. The van der Waals surface area contributed by atoms with Gasteiger partial charge in [0.25, 0.3) is 0 Å². The van der Waals surface area contributed by atoms with Crippen molar-refractivity contribution in [1.29, 1.82) is 0 Å². The number of benzene rings is 1. The van der Waals surface area contributed by atoms with Crippen molar-refractivity contribution in [2.45, 2.75) is 19.4 Å². The summed E-state index contributed by atoms with van der Waals surface area (Å²) in [6, 6.07) is 8.35. The number of carbonyl (C=O) groups is 3. The Morgan fingerprint density at radius 2 is 1.84 bits per heavy atom. The zero-order valence-corrected chi connectivity index (χ0v) is 10.5. The lowest BCUT2D eigenvalue weighted by atomic mass is 10.0. The summed E-state index contributed by atoms with van der Waals surface area (Å²) in [5, 5.41) is 12.8. The second-order valence-electron chi connectivity index (χ2n) is 4.00. The molecule has 0 aromatic heterocycles. The molecule has 5 nitrogen and oxygen atoms in total. The number of carboxylic acids is 1. The number of hydrogen-bond donors (Lipinski definition) is 1. The van der Waals surface area contributed by atoms with Gasteiger partial charge in [-0.2, -0.15) is 0 Å². The summed E-state index contributed by atoms with van der Waals surface area (Å²) in [5.41, 5.74) is 0.872. The van der Waals surface area contributed by atoms with Crippen LogP contribution in [0.1, 0.15) is 12.5 Å². The molecule has 0 aliphatic heterocycles.